The zero-order chi connectivity index (χ0) is 19.3. The molecule has 1 unspecified atom stereocenters. The molecule has 7 nitrogen and oxygen atoms in total. The highest BCUT2D eigenvalue weighted by atomic mass is 16.2. The van der Waals surface area contributed by atoms with Crippen LogP contribution in [0, 0.1) is 0 Å². The second-order valence-electron chi connectivity index (χ2n) is 7.07. The normalized spacial score (nSPS) is 16.9. The van der Waals surface area contributed by atoms with Crippen LogP contribution in [0.2, 0.25) is 0 Å². The molecule has 4 heterocycles. The molecule has 0 bridgehead atoms. The van der Waals surface area contributed by atoms with Crippen LogP contribution in [0.5, 0.6) is 0 Å². The fraction of sp³-hybridized carbons (Fsp3) is 0.381. The molecule has 0 radical (unpaired) electrons. The maximum atomic E-state index is 12.9. The monoisotopic (exact) mass is 376 g/mol. The van der Waals surface area contributed by atoms with Gasteiger partial charge in [-0.05, 0) is 25.0 Å². The lowest BCUT2D eigenvalue weighted by Gasteiger charge is -2.32. The zero-order valence-electron chi connectivity index (χ0n) is 16.0. The molecule has 0 aliphatic carbocycles. The third kappa shape index (κ3) is 3.93. The first kappa shape index (κ1) is 18.3. The van der Waals surface area contributed by atoms with Crippen molar-refractivity contribution >= 4 is 5.91 Å². The number of nitrogens with zero attached hydrogens (tertiary/aromatic N) is 6. The standard InChI is InChI=1S/C21H24N6O/c1-2-19-24-12-17(13-25-19)21(28)27-10-5-6-16(14-27)20-23-9-11-26(20)15-18-7-3-4-8-22-18/h3-4,7-9,11-13,16H,2,5-6,10,14-15H2,1H3. The van der Waals surface area contributed by atoms with Gasteiger partial charge in [0, 0.05) is 56.4 Å². The van der Waals surface area contributed by atoms with E-state index < -0.39 is 0 Å². The summed E-state index contributed by atoms with van der Waals surface area (Å²) in [4.78, 5) is 32.3. The smallest absolute Gasteiger partial charge is 0.257 e. The predicted molar refractivity (Wildman–Crippen MR) is 105 cm³/mol. The van der Waals surface area contributed by atoms with Gasteiger partial charge >= 0.3 is 0 Å². The lowest BCUT2D eigenvalue weighted by Crippen LogP contribution is -2.40. The highest BCUT2D eigenvalue weighted by molar-refractivity contribution is 5.93. The average Bonchev–Trinajstić information content (AvgIpc) is 3.22. The zero-order valence-corrected chi connectivity index (χ0v) is 16.0. The van der Waals surface area contributed by atoms with E-state index >= 15 is 0 Å². The van der Waals surface area contributed by atoms with E-state index in [9.17, 15) is 4.79 Å². The van der Waals surface area contributed by atoms with Gasteiger partial charge in [0.15, 0.2) is 0 Å². The fourth-order valence-corrected chi connectivity index (χ4v) is 3.68. The number of hydrogen-bond acceptors (Lipinski definition) is 5. The second-order valence-corrected chi connectivity index (χ2v) is 7.07. The van der Waals surface area contributed by atoms with Crippen LogP contribution in [0.3, 0.4) is 0 Å². The van der Waals surface area contributed by atoms with Crippen molar-refractivity contribution in [2.75, 3.05) is 13.1 Å². The van der Waals surface area contributed by atoms with E-state index in [1.807, 2.05) is 42.4 Å². The van der Waals surface area contributed by atoms with Gasteiger partial charge < -0.3 is 9.47 Å². The molecule has 0 aromatic carbocycles. The number of pyridine rings is 1. The number of piperidine rings is 1. The maximum absolute atomic E-state index is 12.9. The molecule has 4 rings (SSSR count). The van der Waals surface area contributed by atoms with Gasteiger partial charge in [0.1, 0.15) is 11.6 Å². The van der Waals surface area contributed by atoms with Gasteiger partial charge in [-0.2, -0.15) is 0 Å². The Bertz CT molecular complexity index is 922. The van der Waals surface area contributed by atoms with E-state index in [0.717, 1.165) is 43.1 Å². The Balaban J connectivity index is 1.48. The summed E-state index contributed by atoms with van der Waals surface area (Å²) in [6.45, 7) is 4.10. The molecule has 1 atom stereocenters. The van der Waals surface area contributed by atoms with Gasteiger partial charge in [-0.1, -0.05) is 13.0 Å². The van der Waals surface area contributed by atoms with Crippen molar-refractivity contribution in [2.45, 2.75) is 38.6 Å². The number of rotatable bonds is 5. The van der Waals surface area contributed by atoms with E-state index in [0.29, 0.717) is 18.7 Å². The van der Waals surface area contributed by atoms with Gasteiger partial charge in [-0.25, -0.2) is 15.0 Å². The predicted octanol–water partition coefficient (Wildman–Crippen LogP) is 2.70. The molecule has 0 saturated carbocycles. The van der Waals surface area contributed by atoms with Crippen molar-refractivity contribution in [3.05, 3.63) is 72.1 Å². The molecule has 144 valence electrons. The Kier molecular flexibility index (Phi) is 5.41. The Morgan fingerprint density at radius 1 is 1.14 bits per heavy atom. The Labute approximate surface area is 164 Å². The SMILES string of the molecule is CCc1ncc(C(=O)N2CCCC(c3nccn3Cc3ccccn3)C2)cn1. The number of amides is 1. The van der Waals surface area contributed by atoms with Crippen LogP contribution in [0.25, 0.3) is 0 Å². The van der Waals surface area contributed by atoms with Crippen LogP contribution in [0.15, 0.2) is 49.2 Å². The molecular formula is C21H24N6O. The van der Waals surface area contributed by atoms with Crippen molar-refractivity contribution in [2.24, 2.45) is 0 Å². The van der Waals surface area contributed by atoms with Crippen LogP contribution in [0.4, 0.5) is 0 Å². The molecule has 28 heavy (non-hydrogen) atoms. The highest BCUT2D eigenvalue weighted by Gasteiger charge is 2.28. The summed E-state index contributed by atoms with van der Waals surface area (Å²) in [5.41, 5.74) is 1.55. The van der Waals surface area contributed by atoms with E-state index in [1.165, 1.54) is 0 Å². The van der Waals surface area contributed by atoms with E-state index in [4.69, 9.17) is 0 Å². The summed E-state index contributed by atoms with van der Waals surface area (Å²) in [7, 11) is 0. The number of aryl methyl sites for hydroxylation is 1. The number of hydrogen-bond donors (Lipinski definition) is 0. The lowest BCUT2D eigenvalue weighted by atomic mass is 9.96. The van der Waals surface area contributed by atoms with Crippen LogP contribution in [-0.2, 0) is 13.0 Å². The van der Waals surface area contributed by atoms with Crippen molar-refractivity contribution in [1.29, 1.82) is 0 Å². The average molecular weight is 376 g/mol. The third-order valence-corrected chi connectivity index (χ3v) is 5.15. The molecule has 1 saturated heterocycles. The number of carbonyl (C=O) groups is 1. The minimum atomic E-state index is -0.00446. The minimum absolute atomic E-state index is 0.00446. The van der Waals surface area contributed by atoms with E-state index in [2.05, 4.69) is 24.5 Å². The lowest BCUT2D eigenvalue weighted by molar-refractivity contribution is 0.0702. The van der Waals surface area contributed by atoms with E-state index in [-0.39, 0.29) is 11.8 Å². The van der Waals surface area contributed by atoms with Gasteiger partial charge in [0.25, 0.3) is 5.91 Å². The van der Waals surface area contributed by atoms with Crippen LogP contribution in [0.1, 0.15) is 53.4 Å². The Hall–Kier alpha value is -3.09. The summed E-state index contributed by atoms with van der Waals surface area (Å²) in [6.07, 6.45) is 11.6. The quantitative estimate of drug-likeness (QED) is 0.684. The number of imidazole rings is 1. The first-order chi connectivity index (χ1) is 13.7. The number of likely N-dealkylation sites (tertiary alicyclic amines) is 1. The molecule has 1 aliphatic heterocycles. The van der Waals surface area contributed by atoms with Crippen molar-refractivity contribution in [3.8, 4) is 0 Å². The Morgan fingerprint density at radius 2 is 2.00 bits per heavy atom. The van der Waals surface area contributed by atoms with Crippen LogP contribution < -0.4 is 0 Å². The molecule has 3 aromatic rings. The third-order valence-electron chi connectivity index (χ3n) is 5.15. The molecule has 1 aliphatic rings. The minimum Gasteiger partial charge on any atom is -0.338 e. The van der Waals surface area contributed by atoms with Crippen molar-refractivity contribution in [1.82, 2.24) is 29.4 Å². The number of carbonyl (C=O) groups excluding carboxylic acids is 1. The van der Waals surface area contributed by atoms with Gasteiger partial charge in [-0.15, -0.1) is 0 Å². The molecule has 0 spiro atoms. The van der Waals surface area contributed by atoms with Crippen LogP contribution >= 0.6 is 0 Å². The summed E-state index contributed by atoms with van der Waals surface area (Å²) in [6, 6.07) is 5.92. The topological polar surface area (TPSA) is 76.8 Å². The molecule has 0 N–H and O–H groups in total. The van der Waals surface area contributed by atoms with E-state index in [1.54, 1.807) is 18.6 Å². The highest BCUT2D eigenvalue weighted by Crippen LogP contribution is 2.27. The number of aromatic nitrogens is 5. The first-order valence-electron chi connectivity index (χ1n) is 9.75. The van der Waals surface area contributed by atoms with Gasteiger partial charge in [-0.3, -0.25) is 9.78 Å². The first-order valence-corrected chi connectivity index (χ1v) is 9.75. The summed E-state index contributed by atoms with van der Waals surface area (Å²) in [5.74, 6) is 1.98. The van der Waals surface area contributed by atoms with Crippen LogP contribution in [-0.4, -0.2) is 48.4 Å². The summed E-state index contributed by atoms with van der Waals surface area (Å²) < 4.78 is 2.14. The molecule has 3 aromatic heterocycles. The Morgan fingerprint density at radius 3 is 2.75 bits per heavy atom. The summed E-state index contributed by atoms with van der Waals surface area (Å²) in [5, 5.41) is 0. The molecule has 7 heteroatoms. The summed E-state index contributed by atoms with van der Waals surface area (Å²) >= 11 is 0. The molecular weight excluding hydrogens is 352 g/mol. The molecule has 1 fully saturated rings. The van der Waals surface area contributed by atoms with Gasteiger partial charge in [0.05, 0.1) is 17.8 Å². The fourth-order valence-electron chi connectivity index (χ4n) is 3.68. The van der Waals surface area contributed by atoms with Crippen molar-refractivity contribution in [3.63, 3.8) is 0 Å². The maximum Gasteiger partial charge on any atom is 0.257 e. The molecule has 1 amide bonds. The van der Waals surface area contributed by atoms with Crippen molar-refractivity contribution < 1.29 is 4.79 Å². The second kappa shape index (κ2) is 8.29. The van der Waals surface area contributed by atoms with Gasteiger partial charge in [0.2, 0.25) is 0 Å². The largest absolute Gasteiger partial charge is 0.338 e.